The quantitative estimate of drug-likeness (QED) is 0.576. The maximum absolute atomic E-state index is 11.8. The predicted molar refractivity (Wildman–Crippen MR) is 128 cm³/mol. The SMILES string of the molecule is C[C@H]1C[C@@]2(CCN1Cc1cn(CCCn3ccc(=O)[nH]c3=O)nn1)OCCc1ccc(Cl)cc12. The van der Waals surface area contributed by atoms with Gasteiger partial charge in [0.15, 0.2) is 0 Å². The molecular weight excluding hydrogens is 456 g/mol. The van der Waals surface area contributed by atoms with Crippen molar-refractivity contribution in [3.8, 4) is 0 Å². The molecule has 1 saturated heterocycles. The average Bonchev–Trinajstić information content (AvgIpc) is 3.25. The van der Waals surface area contributed by atoms with Crippen molar-refractivity contribution in [3.05, 3.63) is 79.3 Å². The summed E-state index contributed by atoms with van der Waals surface area (Å²) in [4.78, 5) is 27.7. The number of likely N-dealkylation sites (tertiary alicyclic amines) is 1. The van der Waals surface area contributed by atoms with Gasteiger partial charge in [-0.05, 0) is 55.9 Å². The van der Waals surface area contributed by atoms with Gasteiger partial charge < -0.3 is 9.30 Å². The third-order valence-corrected chi connectivity index (χ3v) is 7.23. The molecule has 2 aliphatic heterocycles. The molecule has 9 nitrogen and oxygen atoms in total. The minimum absolute atomic E-state index is 0.258. The number of hydrogen-bond donors (Lipinski definition) is 1. The predicted octanol–water partition coefficient (Wildman–Crippen LogP) is 2.32. The first-order valence-corrected chi connectivity index (χ1v) is 12.2. The summed E-state index contributed by atoms with van der Waals surface area (Å²) in [6, 6.07) is 7.89. The van der Waals surface area contributed by atoms with Crippen LogP contribution in [0.5, 0.6) is 0 Å². The lowest BCUT2D eigenvalue weighted by atomic mass is 9.77. The van der Waals surface area contributed by atoms with Gasteiger partial charge in [0.25, 0.3) is 5.56 Å². The van der Waals surface area contributed by atoms with Crippen LogP contribution in [0.15, 0.2) is 46.2 Å². The molecule has 2 aliphatic rings. The molecule has 1 aromatic carbocycles. The standard InChI is InChI=1S/C24H29ClN6O3/c1-17-14-24(21-13-19(25)4-3-18(21)6-12-34-24)7-11-30(17)15-20-16-31(28-27-20)9-2-8-29-10-5-22(32)26-23(29)33/h3-5,10,13,16-17H,2,6-9,11-12,14-15H2,1H3,(H,26,32,33)/t17-,24+/m0/s1. The van der Waals surface area contributed by atoms with Crippen molar-refractivity contribution in [2.45, 2.75) is 63.9 Å². The van der Waals surface area contributed by atoms with Crippen molar-refractivity contribution in [2.24, 2.45) is 0 Å². The van der Waals surface area contributed by atoms with Crippen LogP contribution in [-0.4, -0.2) is 48.6 Å². The molecule has 0 radical (unpaired) electrons. The van der Waals surface area contributed by atoms with E-state index in [-0.39, 0.29) is 11.2 Å². The zero-order valence-electron chi connectivity index (χ0n) is 19.2. The van der Waals surface area contributed by atoms with Crippen molar-refractivity contribution in [2.75, 3.05) is 13.2 Å². The summed E-state index contributed by atoms with van der Waals surface area (Å²) >= 11 is 6.32. The van der Waals surface area contributed by atoms with Crippen molar-refractivity contribution < 1.29 is 4.74 Å². The first-order chi connectivity index (χ1) is 16.4. The van der Waals surface area contributed by atoms with Crippen molar-refractivity contribution in [1.82, 2.24) is 29.4 Å². The van der Waals surface area contributed by atoms with Crippen molar-refractivity contribution >= 4 is 11.6 Å². The minimum Gasteiger partial charge on any atom is -0.370 e. The molecule has 180 valence electrons. The van der Waals surface area contributed by atoms with Gasteiger partial charge in [-0.2, -0.15) is 0 Å². The molecular formula is C24H29ClN6O3. The van der Waals surface area contributed by atoms with E-state index in [0.717, 1.165) is 49.7 Å². The Morgan fingerprint density at radius 1 is 1.26 bits per heavy atom. The minimum atomic E-state index is -0.393. The number of nitrogens with one attached hydrogen (secondary N) is 1. The number of hydrogen-bond acceptors (Lipinski definition) is 6. The molecule has 1 fully saturated rings. The summed E-state index contributed by atoms with van der Waals surface area (Å²) in [6.45, 7) is 5.79. The number of ether oxygens (including phenoxy) is 1. The molecule has 5 rings (SSSR count). The van der Waals surface area contributed by atoms with Gasteiger partial charge in [0, 0.05) is 55.7 Å². The highest BCUT2D eigenvalue weighted by Crippen LogP contribution is 2.44. The van der Waals surface area contributed by atoms with E-state index in [1.54, 1.807) is 0 Å². The van der Waals surface area contributed by atoms with Gasteiger partial charge in [-0.3, -0.25) is 19.4 Å². The van der Waals surface area contributed by atoms with Crippen LogP contribution in [0.25, 0.3) is 0 Å². The van der Waals surface area contributed by atoms with E-state index in [4.69, 9.17) is 16.3 Å². The zero-order valence-corrected chi connectivity index (χ0v) is 20.0. The Morgan fingerprint density at radius 3 is 2.97 bits per heavy atom. The van der Waals surface area contributed by atoms with Crippen molar-refractivity contribution in [3.63, 3.8) is 0 Å². The molecule has 0 unspecified atom stereocenters. The van der Waals surface area contributed by atoms with Gasteiger partial charge in [0.2, 0.25) is 0 Å². The molecule has 4 heterocycles. The van der Waals surface area contributed by atoms with E-state index >= 15 is 0 Å². The molecule has 2 aromatic heterocycles. The van der Waals surface area contributed by atoms with Crippen LogP contribution in [0.3, 0.4) is 0 Å². The van der Waals surface area contributed by atoms with Gasteiger partial charge in [-0.25, -0.2) is 4.79 Å². The van der Waals surface area contributed by atoms with Gasteiger partial charge in [-0.1, -0.05) is 22.9 Å². The number of piperidine rings is 1. The maximum Gasteiger partial charge on any atom is 0.328 e. The topological polar surface area (TPSA) is 98.0 Å². The lowest BCUT2D eigenvalue weighted by Crippen LogP contribution is -2.50. The van der Waals surface area contributed by atoms with Crippen molar-refractivity contribution in [1.29, 1.82) is 0 Å². The highest BCUT2D eigenvalue weighted by atomic mass is 35.5. The van der Waals surface area contributed by atoms with Gasteiger partial charge in [-0.15, -0.1) is 5.10 Å². The van der Waals surface area contributed by atoms with Crippen LogP contribution < -0.4 is 11.2 Å². The third kappa shape index (κ3) is 4.73. The van der Waals surface area contributed by atoms with E-state index in [1.165, 1.54) is 28.0 Å². The first kappa shape index (κ1) is 23.0. The number of H-pyrrole nitrogens is 1. The van der Waals surface area contributed by atoms with Gasteiger partial charge in [0.1, 0.15) is 0 Å². The fraction of sp³-hybridized carbons (Fsp3) is 0.500. The number of aromatic nitrogens is 5. The summed E-state index contributed by atoms with van der Waals surface area (Å²) < 4.78 is 9.69. The number of nitrogens with zero attached hydrogens (tertiary/aromatic N) is 5. The third-order valence-electron chi connectivity index (χ3n) is 7.00. The van der Waals surface area contributed by atoms with Crippen LogP contribution in [0.2, 0.25) is 5.02 Å². The summed E-state index contributed by atoms with van der Waals surface area (Å²) in [7, 11) is 0. The Morgan fingerprint density at radius 2 is 2.15 bits per heavy atom. The Balaban J connectivity index is 1.18. The lowest BCUT2D eigenvalue weighted by molar-refractivity contribution is -0.113. The van der Waals surface area contributed by atoms with Gasteiger partial charge in [0.05, 0.1) is 17.9 Å². The number of aryl methyl sites for hydroxylation is 2. The van der Waals surface area contributed by atoms with Crippen LogP contribution in [0, 0.1) is 0 Å². The Hall–Kier alpha value is -2.75. The number of rotatable bonds is 6. The molecule has 10 heteroatoms. The maximum atomic E-state index is 11.8. The normalized spacial score (nSPS) is 22.7. The highest BCUT2D eigenvalue weighted by molar-refractivity contribution is 6.30. The van der Waals surface area contributed by atoms with E-state index in [1.807, 2.05) is 16.9 Å². The zero-order chi connectivity index (χ0) is 23.7. The molecule has 0 saturated carbocycles. The monoisotopic (exact) mass is 484 g/mol. The van der Waals surface area contributed by atoms with E-state index < -0.39 is 5.69 Å². The summed E-state index contributed by atoms with van der Waals surface area (Å²) in [6.07, 6.45) is 6.97. The smallest absolute Gasteiger partial charge is 0.328 e. The lowest BCUT2D eigenvalue weighted by Gasteiger charge is -2.48. The second-order valence-corrected chi connectivity index (χ2v) is 9.73. The summed E-state index contributed by atoms with van der Waals surface area (Å²) in [5.41, 5.74) is 2.50. The molecule has 2 atom stereocenters. The molecule has 3 aromatic rings. The van der Waals surface area contributed by atoms with E-state index in [2.05, 4.69) is 39.3 Å². The second-order valence-electron chi connectivity index (χ2n) is 9.30. The van der Waals surface area contributed by atoms with Crippen LogP contribution in [0.1, 0.15) is 43.0 Å². The Kier molecular flexibility index (Phi) is 6.42. The highest BCUT2D eigenvalue weighted by Gasteiger charge is 2.43. The van der Waals surface area contributed by atoms with Crippen LogP contribution >= 0.6 is 11.6 Å². The average molecular weight is 485 g/mol. The van der Waals surface area contributed by atoms with Crippen LogP contribution in [-0.2, 0) is 36.4 Å². The number of halogens is 1. The fourth-order valence-corrected chi connectivity index (χ4v) is 5.41. The van der Waals surface area contributed by atoms with E-state index in [9.17, 15) is 9.59 Å². The first-order valence-electron chi connectivity index (χ1n) is 11.8. The molecule has 0 amide bonds. The largest absolute Gasteiger partial charge is 0.370 e. The molecule has 1 spiro atoms. The van der Waals surface area contributed by atoms with Gasteiger partial charge >= 0.3 is 5.69 Å². The molecule has 1 N–H and O–H groups in total. The molecule has 34 heavy (non-hydrogen) atoms. The number of aromatic amines is 1. The Labute approximate surface area is 202 Å². The summed E-state index contributed by atoms with van der Waals surface area (Å²) in [5, 5.41) is 9.37. The van der Waals surface area contributed by atoms with Crippen LogP contribution in [0.4, 0.5) is 0 Å². The fourth-order valence-electron chi connectivity index (χ4n) is 5.24. The second kappa shape index (κ2) is 9.48. The number of fused-ring (bicyclic) bond motifs is 2. The molecule has 0 aliphatic carbocycles. The molecule has 0 bridgehead atoms. The van der Waals surface area contributed by atoms with E-state index in [0.29, 0.717) is 25.6 Å². The Bertz CT molecular complexity index is 1280. The number of benzene rings is 1. The summed E-state index contributed by atoms with van der Waals surface area (Å²) in [5.74, 6) is 0.